The monoisotopic (exact) mass is 368 g/mol. The van der Waals surface area contributed by atoms with Crippen LogP contribution < -0.4 is 5.73 Å². The molecule has 1 aromatic rings. The van der Waals surface area contributed by atoms with Crippen LogP contribution in [0, 0.1) is 0 Å². The van der Waals surface area contributed by atoms with Gasteiger partial charge in [0.2, 0.25) is 5.91 Å². The summed E-state index contributed by atoms with van der Waals surface area (Å²) in [6.45, 7) is 0. The molecule has 1 unspecified atom stereocenters. The number of carbonyl (C=O) groups excluding carboxylic acids is 1. The van der Waals surface area contributed by atoms with Crippen molar-refractivity contribution in [2.75, 3.05) is 12.6 Å². The highest BCUT2D eigenvalue weighted by Crippen LogP contribution is 2.41. The van der Waals surface area contributed by atoms with Crippen LogP contribution in [0.25, 0.3) is 0 Å². The Kier molecular flexibility index (Phi) is 6.64. The maximum atomic E-state index is 12.2. The Labute approximate surface area is 131 Å². The number of rotatable bonds is 7. The van der Waals surface area contributed by atoms with Crippen molar-refractivity contribution in [1.82, 2.24) is 4.90 Å². The molecule has 7 N–H and O–H groups in total. The SMILES string of the molecule is N[C@H](C(=O)N(CP(=O)(O)O)CP(=O)(O)O)C(O)c1ccccc1. The third-order valence-corrected chi connectivity index (χ3v) is 4.21. The second-order valence-electron chi connectivity index (χ2n) is 4.87. The van der Waals surface area contributed by atoms with Gasteiger partial charge in [0.15, 0.2) is 0 Å². The lowest BCUT2D eigenvalue weighted by atomic mass is 10.0. The summed E-state index contributed by atoms with van der Waals surface area (Å²) in [6.07, 6.45) is -3.93. The van der Waals surface area contributed by atoms with Crippen LogP contribution in [-0.2, 0) is 13.9 Å². The fraction of sp³-hybridized carbons (Fsp3) is 0.364. The number of nitrogens with two attached hydrogens (primary N) is 1. The molecule has 1 amide bonds. The highest BCUT2D eigenvalue weighted by Gasteiger charge is 2.35. The van der Waals surface area contributed by atoms with E-state index in [0.29, 0.717) is 0 Å². The van der Waals surface area contributed by atoms with E-state index in [1.807, 2.05) is 0 Å². The second-order valence-corrected chi connectivity index (χ2v) is 8.10. The largest absolute Gasteiger partial charge is 0.386 e. The Bertz CT molecular complexity index is 604. The van der Waals surface area contributed by atoms with Crippen LogP contribution in [0.1, 0.15) is 11.7 Å². The Morgan fingerprint density at radius 2 is 1.48 bits per heavy atom. The first kappa shape index (κ1) is 20.0. The third kappa shape index (κ3) is 6.90. The molecule has 0 bridgehead atoms. The van der Waals surface area contributed by atoms with Crippen molar-refractivity contribution in [3.8, 4) is 0 Å². The molecule has 12 heteroatoms. The van der Waals surface area contributed by atoms with E-state index in [1.54, 1.807) is 18.2 Å². The molecule has 2 atom stereocenters. The summed E-state index contributed by atoms with van der Waals surface area (Å²) in [5, 5.41) is 10.0. The van der Waals surface area contributed by atoms with Crippen LogP contribution in [0.4, 0.5) is 0 Å². The molecule has 130 valence electrons. The molecule has 0 aliphatic carbocycles. The second kappa shape index (κ2) is 7.65. The lowest BCUT2D eigenvalue weighted by Gasteiger charge is -2.28. The minimum Gasteiger partial charge on any atom is -0.386 e. The van der Waals surface area contributed by atoms with Crippen molar-refractivity contribution in [2.45, 2.75) is 12.1 Å². The molecular formula is C11H18N2O8P2. The smallest absolute Gasteiger partial charge is 0.344 e. The standard InChI is InChI=1S/C11H18N2O8P2/c12-9(10(14)8-4-2-1-3-5-8)11(15)13(6-22(16,17)18)7-23(19,20)21/h1-5,9-10,14H,6-7,12H2,(H2,16,17,18)(H2,19,20,21)/t9-,10?/m0/s1. The number of hydrogen-bond acceptors (Lipinski definition) is 5. The molecule has 23 heavy (non-hydrogen) atoms. The molecule has 1 aromatic carbocycles. The number of nitrogens with zero attached hydrogens (tertiary/aromatic N) is 1. The van der Waals surface area contributed by atoms with E-state index in [1.165, 1.54) is 12.1 Å². The number of hydrogen-bond donors (Lipinski definition) is 6. The number of benzene rings is 1. The summed E-state index contributed by atoms with van der Waals surface area (Å²) in [5.74, 6) is -1.19. The molecule has 0 aromatic heterocycles. The van der Waals surface area contributed by atoms with Crippen LogP contribution in [0.3, 0.4) is 0 Å². The molecule has 10 nitrogen and oxygen atoms in total. The van der Waals surface area contributed by atoms with E-state index in [4.69, 9.17) is 25.3 Å². The van der Waals surface area contributed by atoms with E-state index >= 15 is 0 Å². The summed E-state index contributed by atoms with van der Waals surface area (Å²) in [7, 11) is -9.56. The van der Waals surface area contributed by atoms with Crippen LogP contribution in [-0.4, -0.2) is 54.1 Å². The van der Waals surface area contributed by atoms with Crippen molar-refractivity contribution in [3.63, 3.8) is 0 Å². The Balaban J connectivity index is 2.98. The van der Waals surface area contributed by atoms with Gasteiger partial charge in [0.05, 0.1) is 0 Å². The summed E-state index contributed by atoms with van der Waals surface area (Å²) in [4.78, 5) is 48.2. The van der Waals surface area contributed by atoms with Gasteiger partial charge in [-0.1, -0.05) is 30.3 Å². The average Bonchev–Trinajstić information content (AvgIpc) is 2.42. The van der Waals surface area contributed by atoms with Gasteiger partial charge >= 0.3 is 15.2 Å². The number of carbonyl (C=O) groups is 1. The van der Waals surface area contributed by atoms with Gasteiger partial charge in [0.1, 0.15) is 24.7 Å². The van der Waals surface area contributed by atoms with Gasteiger partial charge in [-0.25, -0.2) is 0 Å². The van der Waals surface area contributed by atoms with Gasteiger partial charge in [0, 0.05) is 0 Å². The van der Waals surface area contributed by atoms with E-state index in [9.17, 15) is 19.0 Å². The summed E-state index contributed by atoms with van der Waals surface area (Å²) >= 11 is 0. The average molecular weight is 368 g/mol. The first-order valence-electron chi connectivity index (χ1n) is 6.27. The first-order valence-corrected chi connectivity index (χ1v) is 9.87. The Hall–Kier alpha value is -1.09. The van der Waals surface area contributed by atoms with Crippen molar-refractivity contribution >= 4 is 21.1 Å². The first-order chi connectivity index (χ1) is 10.4. The third-order valence-electron chi connectivity index (χ3n) is 2.79. The molecule has 0 fully saturated rings. The number of aliphatic hydroxyl groups excluding tert-OH is 1. The zero-order chi connectivity index (χ0) is 17.8. The zero-order valence-electron chi connectivity index (χ0n) is 11.8. The van der Waals surface area contributed by atoms with Crippen LogP contribution in [0.2, 0.25) is 0 Å². The zero-order valence-corrected chi connectivity index (χ0v) is 13.6. The topological polar surface area (TPSA) is 182 Å². The maximum absolute atomic E-state index is 12.2. The van der Waals surface area contributed by atoms with E-state index in [-0.39, 0.29) is 10.5 Å². The predicted octanol–water partition coefficient (Wildman–Crippen LogP) is -0.854. The molecule has 0 radical (unpaired) electrons. The molecule has 0 saturated heterocycles. The molecule has 0 aliphatic heterocycles. The molecular weight excluding hydrogens is 350 g/mol. The summed E-state index contributed by atoms with van der Waals surface area (Å²) in [6, 6.07) is 6.15. The van der Waals surface area contributed by atoms with Crippen LogP contribution in [0.15, 0.2) is 30.3 Å². The van der Waals surface area contributed by atoms with E-state index in [0.717, 1.165) is 0 Å². The van der Waals surface area contributed by atoms with Crippen molar-refractivity contribution in [2.24, 2.45) is 5.73 Å². The molecule has 0 saturated carbocycles. The highest BCUT2D eigenvalue weighted by atomic mass is 31.2. The number of amides is 1. The van der Waals surface area contributed by atoms with Gasteiger partial charge in [-0.2, -0.15) is 0 Å². The summed E-state index contributed by atoms with van der Waals surface area (Å²) < 4.78 is 22.1. The quantitative estimate of drug-likeness (QED) is 0.334. The van der Waals surface area contributed by atoms with Gasteiger partial charge in [0.25, 0.3) is 0 Å². The van der Waals surface area contributed by atoms with E-state index in [2.05, 4.69) is 0 Å². The minimum atomic E-state index is -4.78. The fourth-order valence-electron chi connectivity index (χ4n) is 1.83. The maximum Gasteiger partial charge on any atom is 0.344 e. The normalized spacial score (nSPS) is 15.0. The molecule has 0 aliphatic rings. The molecule has 1 rings (SSSR count). The number of aliphatic hydroxyl groups is 1. The van der Waals surface area contributed by atoms with Crippen LogP contribution in [0.5, 0.6) is 0 Å². The van der Waals surface area contributed by atoms with Crippen LogP contribution >= 0.6 is 15.2 Å². The highest BCUT2D eigenvalue weighted by molar-refractivity contribution is 7.52. The summed E-state index contributed by atoms with van der Waals surface area (Å²) in [5.41, 5.74) is 5.86. The van der Waals surface area contributed by atoms with Gasteiger partial charge < -0.3 is 35.3 Å². The van der Waals surface area contributed by atoms with Crippen molar-refractivity contribution in [3.05, 3.63) is 35.9 Å². The Morgan fingerprint density at radius 3 is 1.87 bits per heavy atom. The van der Waals surface area contributed by atoms with Crippen molar-refractivity contribution in [1.29, 1.82) is 0 Å². The molecule has 0 spiro atoms. The van der Waals surface area contributed by atoms with E-state index < -0.39 is 45.8 Å². The lowest BCUT2D eigenvalue weighted by molar-refractivity contribution is -0.134. The predicted molar refractivity (Wildman–Crippen MR) is 80.0 cm³/mol. The van der Waals surface area contributed by atoms with Gasteiger partial charge in [-0.05, 0) is 5.56 Å². The minimum absolute atomic E-state index is 0.262. The van der Waals surface area contributed by atoms with Crippen molar-refractivity contribution < 1.29 is 38.6 Å². The fourth-order valence-corrected chi connectivity index (χ4v) is 3.36. The van der Waals surface area contributed by atoms with Gasteiger partial charge in [-0.15, -0.1) is 0 Å². The molecule has 0 heterocycles. The Morgan fingerprint density at radius 1 is 1.04 bits per heavy atom. The van der Waals surface area contributed by atoms with Gasteiger partial charge in [-0.3, -0.25) is 13.9 Å². The lowest BCUT2D eigenvalue weighted by Crippen LogP contribution is -2.47.